The summed E-state index contributed by atoms with van der Waals surface area (Å²) in [6.45, 7) is 7.25. The summed E-state index contributed by atoms with van der Waals surface area (Å²) in [4.78, 5) is 0. The van der Waals surface area contributed by atoms with Crippen LogP contribution in [0, 0.1) is 0 Å². The molecule has 25 heavy (non-hydrogen) atoms. The van der Waals surface area contributed by atoms with Gasteiger partial charge in [0.25, 0.3) is 0 Å². The Balaban J connectivity index is 0.00000156. The van der Waals surface area contributed by atoms with E-state index < -0.39 is 27.6 Å². The van der Waals surface area contributed by atoms with Crippen LogP contribution >= 0.6 is 24.8 Å². The Morgan fingerprint density at radius 2 is 1.56 bits per heavy atom. The largest absolute Gasteiger partial charge is 0.147 e. The van der Waals surface area contributed by atoms with Crippen molar-refractivity contribution in [1.29, 1.82) is 0 Å². The van der Waals surface area contributed by atoms with Gasteiger partial charge in [-0.05, 0) is 0 Å². The summed E-state index contributed by atoms with van der Waals surface area (Å²) >= 11 is -0.544. The molecular formula is C20H24Cl2OSiTi. The summed E-state index contributed by atoms with van der Waals surface area (Å²) < 4.78 is 7.80. The van der Waals surface area contributed by atoms with Gasteiger partial charge in [0, 0.05) is 0 Å². The first-order valence-electron chi connectivity index (χ1n) is 8.02. The van der Waals surface area contributed by atoms with E-state index in [1.54, 1.807) is 9.07 Å². The number of rotatable bonds is 5. The van der Waals surface area contributed by atoms with Gasteiger partial charge in [0.05, 0.1) is 0 Å². The summed E-state index contributed by atoms with van der Waals surface area (Å²) in [5, 5.41) is 1.61. The summed E-state index contributed by atoms with van der Waals surface area (Å²) in [7, 11) is -1.24. The predicted octanol–water partition coefficient (Wildman–Crippen LogP) is 6.66. The summed E-state index contributed by atoms with van der Waals surface area (Å²) in [5.74, 6) is 1.00. The van der Waals surface area contributed by atoms with Crippen molar-refractivity contribution < 1.29 is 22.9 Å². The average molecular weight is 427 g/mol. The van der Waals surface area contributed by atoms with E-state index >= 15 is 0 Å². The Kier molecular flexibility index (Phi) is 8.73. The van der Waals surface area contributed by atoms with E-state index in [2.05, 4.69) is 80.3 Å². The van der Waals surface area contributed by atoms with E-state index in [1.165, 1.54) is 11.1 Å². The molecule has 0 saturated heterocycles. The number of hydrogen-bond donors (Lipinski definition) is 0. The minimum atomic E-state index is -1.24. The van der Waals surface area contributed by atoms with Crippen LogP contribution in [0.2, 0.25) is 19.6 Å². The normalized spacial score (nSPS) is 13.1. The Morgan fingerprint density at radius 1 is 0.880 bits per heavy atom. The van der Waals surface area contributed by atoms with Gasteiger partial charge in [-0.15, -0.1) is 24.8 Å². The molecule has 0 heterocycles. The molecule has 0 saturated carbocycles. The first kappa shape index (κ1) is 22.3. The minimum Gasteiger partial charge on any atom is -0.147 e. The van der Waals surface area contributed by atoms with Crippen molar-refractivity contribution in [1.82, 2.24) is 0 Å². The first-order chi connectivity index (χ1) is 11.0. The maximum atomic E-state index is 6.23. The summed E-state index contributed by atoms with van der Waals surface area (Å²) in [5.41, 5.74) is 2.46. The molecule has 0 N–H and O–H groups in total. The Hall–Kier alpha value is -0.769. The van der Waals surface area contributed by atoms with Crippen LogP contribution in [0.15, 0.2) is 75.8 Å². The molecule has 1 aliphatic rings. The van der Waals surface area contributed by atoms with Crippen molar-refractivity contribution in [2.75, 3.05) is 0 Å². The molecule has 0 bridgehead atoms. The van der Waals surface area contributed by atoms with Gasteiger partial charge in [-0.3, -0.25) is 0 Å². The van der Waals surface area contributed by atoms with Crippen molar-refractivity contribution in [3.05, 3.63) is 75.8 Å². The van der Waals surface area contributed by atoms with E-state index in [9.17, 15) is 0 Å². The SMILES string of the molecule is C[Si](C)(C)C1=[C]([Ti][O]c2cccc(-c3ccccc3)c2)CC=C1.Cl.Cl. The second-order valence-corrected chi connectivity index (χ2v) is 13.5. The molecule has 0 aromatic heterocycles. The van der Waals surface area contributed by atoms with Gasteiger partial charge < -0.3 is 0 Å². The second-order valence-electron chi connectivity index (χ2n) is 6.85. The van der Waals surface area contributed by atoms with Crippen LogP contribution in [0.4, 0.5) is 0 Å². The summed E-state index contributed by atoms with van der Waals surface area (Å²) in [6.07, 6.45) is 5.74. The number of allylic oxidation sites excluding steroid dienone is 4. The maximum Gasteiger partial charge on any atom is -0.147 e. The molecule has 1 nitrogen and oxygen atoms in total. The number of benzene rings is 2. The molecule has 0 radical (unpaired) electrons. The van der Waals surface area contributed by atoms with Gasteiger partial charge in [-0.25, -0.2) is 0 Å². The molecule has 132 valence electrons. The third kappa shape index (κ3) is 5.87. The average Bonchev–Trinajstić information content (AvgIpc) is 3.03. The first-order valence-corrected chi connectivity index (χ1v) is 12.9. The molecular weight excluding hydrogens is 403 g/mol. The zero-order valence-corrected chi connectivity index (χ0v) is 19.0. The van der Waals surface area contributed by atoms with Gasteiger partial charge in [0.2, 0.25) is 0 Å². The van der Waals surface area contributed by atoms with Gasteiger partial charge in [0.15, 0.2) is 0 Å². The fourth-order valence-electron chi connectivity index (χ4n) is 2.79. The second kappa shape index (κ2) is 9.80. The van der Waals surface area contributed by atoms with Crippen LogP contribution in [0.5, 0.6) is 5.75 Å². The molecule has 2 aromatic carbocycles. The zero-order chi connectivity index (χ0) is 16.3. The van der Waals surface area contributed by atoms with Crippen LogP contribution in [-0.4, -0.2) is 8.07 Å². The van der Waals surface area contributed by atoms with Gasteiger partial charge in [0.1, 0.15) is 0 Å². The topological polar surface area (TPSA) is 9.23 Å². The van der Waals surface area contributed by atoms with E-state index in [4.69, 9.17) is 3.32 Å². The molecule has 0 spiro atoms. The summed E-state index contributed by atoms with van der Waals surface area (Å²) in [6, 6.07) is 19.0. The van der Waals surface area contributed by atoms with Crippen LogP contribution in [0.25, 0.3) is 11.1 Å². The fourth-order valence-corrected chi connectivity index (χ4v) is 7.58. The number of halogens is 2. The van der Waals surface area contributed by atoms with Crippen molar-refractivity contribution in [3.8, 4) is 16.9 Å². The molecule has 1 aliphatic carbocycles. The van der Waals surface area contributed by atoms with Crippen LogP contribution < -0.4 is 3.32 Å². The van der Waals surface area contributed by atoms with Crippen LogP contribution in [-0.2, 0) is 19.5 Å². The van der Waals surface area contributed by atoms with Crippen molar-refractivity contribution in [3.63, 3.8) is 0 Å². The Labute approximate surface area is 173 Å². The van der Waals surface area contributed by atoms with E-state index in [-0.39, 0.29) is 24.8 Å². The van der Waals surface area contributed by atoms with Crippen LogP contribution in [0.1, 0.15) is 6.42 Å². The van der Waals surface area contributed by atoms with Crippen LogP contribution in [0.3, 0.4) is 0 Å². The van der Waals surface area contributed by atoms with E-state index in [1.807, 2.05) is 6.07 Å². The maximum absolute atomic E-state index is 6.23. The molecule has 3 rings (SSSR count). The third-order valence-corrected chi connectivity index (χ3v) is 8.10. The molecule has 0 unspecified atom stereocenters. The fraction of sp³-hybridized carbons (Fsp3) is 0.200. The number of hydrogen-bond acceptors (Lipinski definition) is 1. The molecule has 0 fully saturated rings. The predicted molar refractivity (Wildman–Crippen MR) is 111 cm³/mol. The van der Waals surface area contributed by atoms with E-state index in [0.717, 1.165) is 12.2 Å². The molecule has 0 amide bonds. The van der Waals surface area contributed by atoms with E-state index in [0.29, 0.717) is 0 Å². The molecule has 2 aromatic rings. The van der Waals surface area contributed by atoms with Gasteiger partial charge >= 0.3 is 150 Å². The molecule has 0 atom stereocenters. The Morgan fingerprint density at radius 3 is 2.24 bits per heavy atom. The standard InChI is InChI=1S/C12H10O.C8H13Si.2ClH.Ti/c13-12-8-4-7-11(9-12)10-5-2-1-3-6-10;1-9(2,3)8-6-4-5-7-8;;;/h1-9,13H;4,6H,5H2,1-3H3;2*1H;/q;;;;+1/p-1. The minimum absolute atomic E-state index is 0. The van der Waals surface area contributed by atoms with Gasteiger partial charge in [-0.1, -0.05) is 0 Å². The Bertz CT molecular complexity index is 752. The quantitative estimate of drug-likeness (QED) is 0.485. The third-order valence-electron chi connectivity index (χ3n) is 3.97. The van der Waals surface area contributed by atoms with Gasteiger partial charge in [-0.2, -0.15) is 0 Å². The molecule has 5 heteroatoms. The van der Waals surface area contributed by atoms with Crippen molar-refractivity contribution in [2.45, 2.75) is 26.1 Å². The smallest absolute Gasteiger partial charge is 0.147 e. The molecule has 0 aliphatic heterocycles. The van der Waals surface area contributed by atoms with Crippen molar-refractivity contribution in [2.24, 2.45) is 0 Å². The monoisotopic (exact) mass is 426 g/mol. The zero-order valence-electron chi connectivity index (χ0n) is 14.8. The van der Waals surface area contributed by atoms with Crippen molar-refractivity contribution >= 4 is 32.9 Å².